The van der Waals surface area contributed by atoms with Gasteiger partial charge >= 0.3 is 0 Å². The maximum atomic E-state index is 12.6. The zero-order valence-corrected chi connectivity index (χ0v) is 13.6. The first-order chi connectivity index (χ1) is 11.8. The number of rotatable bonds is 4. The Morgan fingerprint density at radius 2 is 2.21 bits per heavy atom. The Morgan fingerprint density at radius 3 is 3.08 bits per heavy atom. The summed E-state index contributed by atoms with van der Waals surface area (Å²) in [6, 6.07) is 8.11. The molecule has 6 nitrogen and oxygen atoms in total. The van der Waals surface area contributed by atoms with Crippen LogP contribution in [0.25, 0.3) is 0 Å². The SMILES string of the molecule is O=C(CCc1ccc2c(c1)OCO2)N1CCCC(n2cccn2)C1. The van der Waals surface area contributed by atoms with Crippen molar-refractivity contribution in [2.75, 3.05) is 19.9 Å². The van der Waals surface area contributed by atoms with Gasteiger partial charge in [-0.2, -0.15) is 5.10 Å². The summed E-state index contributed by atoms with van der Waals surface area (Å²) in [5, 5.41) is 4.31. The number of aromatic nitrogens is 2. The van der Waals surface area contributed by atoms with E-state index in [4.69, 9.17) is 9.47 Å². The zero-order valence-electron chi connectivity index (χ0n) is 13.6. The Hall–Kier alpha value is -2.50. The highest BCUT2D eigenvalue weighted by Gasteiger charge is 2.24. The van der Waals surface area contributed by atoms with Crippen molar-refractivity contribution in [3.63, 3.8) is 0 Å². The minimum atomic E-state index is 0.213. The topological polar surface area (TPSA) is 56.6 Å². The third kappa shape index (κ3) is 3.09. The molecule has 3 heterocycles. The van der Waals surface area contributed by atoms with Gasteiger partial charge in [0.1, 0.15) is 0 Å². The third-order valence-corrected chi connectivity index (χ3v) is 4.71. The van der Waals surface area contributed by atoms with Gasteiger partial charge in [0.15, 0.2) is 11.5 Å². The summed E-state index contributed by atoms with van der Waals surface area (Å²) >= 11 is 0. The van der Waals surface area contributed by atoms with Crippen LogP contribution in [0.15, 0.2) is 36.7 Å². The first-order valence-corrected chi connectivity index (χ1v) is 8.45. The van der Waals surface area contributed by atoms with Gasteiger partial charge in [-0.15, -0.1) is 0 Å². The molecule has 0 bridgehead atoms. The van der Waals surface area contributed by atoms with E-state index in [-0.39, 0.29) is 12.7 Å². The summed E-state index contributed by atoms with van der Waals surface area (Å²) in [5.41, 5.74) is 1.10. The summed E-state index contributed by atoms with van der Waals surface area (Å²) in [7, 11) is 0. The van der Waals surface area contributed by atoms with E-state index >= 15 is 0 Å². The number of piperidine rings is 1. The van der Waals surface area contributed by atoms with E-state index in [1.54, 1.807) is 6.20 Å². The largest absolute Gasteiger partial charge is 0.454 e. The number of amides is 1. The number of hydrogen-bond acceptors (Lipinski definition) is 4. The molecule has 4 rings (SSSR count). The van der Waals surface area contributed by atoms with E-state index in [2.05, 4.69) is 5.10 Å². The van der Waals surface area contributed by atoms with Gasteiger partial charge in [-0.3, -0.25) is 9.48 Å². The number of nitrogens with zero attached hydrogens (tertiary/aromatic N) is 3. The maximum Gasteiger partial charge on any atom is 0.231 e. The standard InChI is InChI=1S/C18H21N3O3/c22-18(7-5-14-4-6-16-17(11-14)24-13-23-16)20-9-1-3-15(12-20)21-10-2-8-19-21/h2,4,6,8,10-11,15H,1,3,5,7,9,12-13H2. The molecule has 0 spiro atoms. The normalized spacial score (nSPS) is 19.5. The molecule has 126 valence electrons. The summed E-state index contributed by atoms with van der Waals surface area (Å²) in [5.74, 6) is 1.77. The first-order valence-electron chi connectivity index (χ1n) is 8.45. The Balaban J connectivity index is 1.34. The monoisotopic (exact) mass is 327 g/mol. The van der Waals surface area contributed by atoms with Gasteiger partial charge in [-0.1, -0.05) is 6.07 Å². The second-order valence-corrected chi connectivity index (χ2v) is 6.31. The van der Waals surface area contributed by atoms with Crippen LogP contribution in [0.5, 0.6) is 11.5 Å². The Morgan fingerprint density at radius 1 is 1.29 bits per heavy atom. The summed E-state index contributed by atoms with van der Waals surface area (Å²) in [6.07, 6.45) is 7.11. The van der Waals surface area contributed by atoms with Crippen LogP contribution in [0, 0.1) is 0 Å². The van der Waals surface area contributed by atoms with E-state index in [1.165, 1.54) is 0 Å². The van der Waals surface area contributed by atoms with Crippen molar-refractivity contribution in [2.45, 2.75) is 31.7 Å². The van der Waals surface area contributed by atoms with Gasteiger partial charge in [0.05, 0.1) is 6.04 Å². The van der Waals surface area contributed by atoms with Crippen molar-refractivity contribution in [2.24, 2.45) is 0 Å². The molecule has 1 atom stereocenters. The lowest BCUT2D eigenvalue weighted by atomic mass is 10.0. The summed E-state index contributed by atoms with van der Waals surface area (Å²) < 4.78 is 12.7. The molecule has 0 saturated carbocycles. The van der Waals surface area contributed by atoms with Crippen LogP contribution in [0.4, 0.5) is 0 Å². The van der Waals surface area contributed by atoms with E-state index in [1.807, 2.05) is 40.0 Å². The average molecular weight is 327 g/mol. The summed E-state index contributed by atoms with van der Waals surface area (Å²) in [4.78, 5) is 14.5. The van der Waals surface area contributed by atoms with Crippen LogP contribution < -0.4 is 9.47 Å². The van der Waals surface area contributed by atoms with Crippen molar-refractivity contribution in [3.8, 4) is 11.5 Å². The average Bonchev–Trinajstić information content (AvgIpc) is 3.30. The molecule has 0 radical (unpaired) electrons. The van der Waals surface area contributed by atoms with Crippen LogP contribution in [0.1, 0.15) is 30.9 Å². The van der Waals surface area contributed by atoms with Crippen molar-refractivity contribution in [1.29, 1.82) is 0 Å². The molecule has 0 N–H and O–H groups in total. The van der Waals surface area contributed by atoms with Gasteiger partial charge in [0, 0.05) is 31.9 Å². The second kappa shape index (κ2) is 6.55. The maximum absolute atomic E-state index is 12.6. The number of hydrogen-bond donors (Lipinski definition) is 0. The fourth-order valence-electron chi connectivity index (χ4n) is 3.40. The highest BCUT2D eigenvalue weighted by atomic mass is 16.7. The van der Waals surface area contributed by atoms with Gasteiger partial charge in [-0.25, -0.2) is 0 Å². The molecule has 1 fully saturated rings. The minimum Gasteiger partial charge on any atom is -0.454 e. The predicted molar refractivity (Wildman–Crippen MR) is 88.0 cm³/mol. The fraction of sp³-hybridized carbons (Fsp3) is 0.444. The molecular weight excluding hydrogens is 306 g/mol. The number of ether oxygens (including phenoxy) is 2. The van der Waals surface area contributed by atoms with E-state index in [0.717, 1.165) is 49.4 Å². The lowest BCUT2D eigenvalue weighted by Crippen LogP contribution is -2.40. The van der Waals surface area contributed by atoms with Crippen LogP contribution >= 0.6 is 0 Å². The molecule has 2 aromatic rings. The van der Waals surface area contributed by atoms with Crippen LogP contribution in [-0.4, -0.2) is 40.5 Å². The molecule has 1 unspecified atom stereocenters. The van der Waals surface area contributed by atoms with E-state index in [0.29, 0.717) is 12.5 Å². The van der Waals surface area contributed by atoms with Gasteiger partial charge in [0.2, 0.25) is 12.7 Å². The highest BCUT2D eigenvalue weighted by Crippen LogP contribution is 2.32. The molecule has 0 aliphatic carbocycles. The van der Waals surface area contributed by atoms with Crippen molar-refractivity contribution >= 4 is 5.91 Å². The molecule has 2 aliphatic rings. The molecule has 1 saturated heterocycles. The number of aryl methyl sites for hydroxylation is 1. The lowest BCUT2D eigenvalue weighted by Gasteiger charge is -2.33. The molecule has 1 amide bonds. The second-order valence-electron chi connectivity index (χ2n) is 6.31. The van der Waals surface area contributed by atoms with Gasteiger partial charge in [0.25, 0.3) is 0 Å². The van der Waals surface area contributed by atoms with Crippen LogP contribution in [0.3, 0.4) is 0 Å². The third-order valence-electron chi connectivity index (χ3n) is 4.71. The fourth-order valence-corrected chi connectivity index (χ4v) is 3.40. The van der Waals surface area contributed by atoms with E-state index < -0.39 is 0 Å². The lowest BCUT2D eigenvalue weighted by molar-refractivity contribution is -0.132. The molecule has 1 aromatic heterocycles. The predicted octanol–water partition coefficient (Wildman–Crippen LogP) is 2.41. The first kappa shape index (κ1) is 15.1. The molecule has 2 aliphatic heterocycles. The highest BCUT2D eigenvalue weighted by molar-refractivity contribution is 5.76. The quantitative estimate of drug-likeness (QED) is 0.865. The Labute approximate surface area is 141 Å². The number of fused-ring (bicyclic) bond motifs is 1. The summed E-state index contributed by atoms with van der Waals surface area (Å²) in [6.45, 7) is 1.87. The molecule has 6 heteroatoms. The Kier molecular flexibility index (Phi) is 4.11. The van der Waals surface area contributed by atoms with E-state index in [9.17, 15) is 4.79 Å². The van der Waals surface area contributed by atoms with Crippen molar-refractivity contribution in [3.05, 3.63) is 42.2 Å². The van der Waals surface area contributed by atoms with Crippen molar-refractivity contribution in [1.82, 2.24) is 14.7 Å². The smallest absolute Gasteiger partial charge is 0.231 e. The van der Waals surface area contributed by atoms with Gasteiger partial charge in [-0.05, 0) is 43.0 Å². The van der Waals surface area contributed by atoms with Crippen molar-refractivity contribution < 1.29 is 14.3 Å². The number of benzene rings is 1. The van der Waals surface area contributed by atoms with Crippen LogP contribution in [-0.2, 0) is 11.2 Å². The minimum absolute atomic E-state index is 0.213. The number of carbonyl (C=O) groups is 1. The molecule has 1 aromatic carbocycles. The number of carbonyl (C=O) groups excluding carboxylic acids is 1. The molecular formula is C18H21N3O3. The van der Waals surface area contributed by atoms with Gasteiger partial charge < -0.3 is 14.4 Å². The molecule has 24 heavy (non-hydrogen) atoms. The zero-order chi connectivity index (χ0) is 16.4. The Bertz CT molecular complexity index is 714. The number of likely N-dealkylation sites (tertiary alicyclic amines) is 1. The van der Waals surface area contributed by atoms with Crippen LogP contribution in [0.2, 0.25) is 0 Å².